The summed E-state index contributed by atoms with van der Waals surface area (Å²) in [7, 11) is -3.77. The Hall–Kier alpha value is -2.73. The van der Waals surface area contributed by atoms with Crippen molar-refractivity contribution < 1.29 is 23.4 Å². The maximum Gasteiger partial charge on any atom is 0.259 e. The Morgan fingerprint density at radius 3 is 2.26 bits per heavy atom. The van der Waals surface area contributed by atoms with Gasteiger partial charge in [0.25, 0.3) is 5.91 Å². The number of pyridine rings is 1. The van der Waals surface area contributed by atoms with Gasteiger partial charge < -0.3 is 25.7 Å². The molecule has 2 aromatic rings. The molecule has 1 saturated carbocycles. The van der Waals surface area contributed by atoms with E-state index in [-0.39, 0.29) is 18.1 Å². The van der Waals surface area contributed by atoms with Crippen LogP contribution in [-0.2, 0) is 10.0 Å². The lowest BCUT2D eigenvalue weighted by molar-refractivity contribution is 0.102. The van der Waals surface area contributed by atoms with Gasteiger partial charge in [-0.1, -0.05) is 6.07 Å². The highest BCUT2D eigenvalue weighted by molar-refractivity contribution is 7.89. The minimum atomic E-state index is -3.77. The Labute approximate surface area is 224 Å². The van der Waals surface area contributed by atoms with Crippen molar-refractivity contribution in [1.29, 1.82) is 0 Å². The molecule has 208 valence electrons. The van der Waals surface area contributed by atoms with Crippen LogP contribution in [0.15, 0.2) is 41.3 Å². The van der Waals surface area contributed by atoms with E-state index >= 15 is 0 Å². The van der Waals surface area contributed by atoms with E-state index in [4.69, 9.17) is 4.98 Å². The second kappa shape index (κ2) is 10.4. The third-order valence-corrected chi connectivity index (χ3v) is 8.93. The summed E-state index contributed by atoms with van der Waals surface area (Å²) < 4.78 is 28.2. The van der Waals surface area contributed by atoms with Crippen LogP contribution < -0.4 is 20.3 Å². The number of rotatable bonds is 9. The molecule has 1 amide bonds. The van der Waals surface area contributed by atoms with E-state index in [0.717, 1.165) is 25.9 Å². The van der Waals surface area contributed by atoms with Crippen molar-refractivity contribution in [1.82, 2.24) is 9.71 Å². The molecule has 38 heavy (non-hydrogen) atoms. The number of nitrogens with one attached hydrogen (secondary N) is 3. The van der Waals surface area contributed by atoms with Crippen molar-refractivity contribution in [2.45, 2.75) is 69.4 Å². The third kappa shape index (κ3) is 6.63. The van der Waals surface area contributed by atoms with Crippen LogP contribution in [0.1, 0.15) is 63.7 Å². The van der Waals surface area contributed by atoms with Gasteiger partial charge in [-0.15, -0.1) is 0 Å². The highest BCUT2D eigenvalue weighted by Gasteiger charge is 2.45. The molecule has 1 spiro atoms. The quantitative estimate of drug-likeness (QED) is 0.324. The standard InChI is InChI=1S/C27H39N5O5S/c1-25(2,3)31-38(36,37)20-7-5-6-19(16-20)28-24(35)21-8-9-22(30-26(4,17-33)18-34)29-23(21)32-14-12-27(10-11-27)13-15-32/h5-9,16,31,33-34H,10-15,17-18H2,1-4H3,(H,28,35)(H,29,30). The number of carbonyl (C=O) groups excluding carboxylic acids is 1. The Morgan fingerprint density at radius 2 is 1.68 bits per heavy atom. The molecule has 1 aromatic heterocycles. The van der Waals surface area contributed by atoms with E-state index in [9.17, 15) is 23.4 Å². The van der Waals surface area contributed by atoms with Gasteiger partial charge in [0.15, 0.2) is 0 Å². The summed E-state index contributed by atoms with van der Waals surface area (Å²) in [5, 5.41) is 25.3. The van der Waals surface area contributed by atoms with Gasteiger partial charge in [0.1, 0.15) is 11.6 Å². The first-order valence-corrected chi connectivity index (χ1v) is 14.5. The predicted molar refractivity (Wildman–Crippen MR) is 148 cm³/mol. The van der Waals surface area contributed by atoms with E-state index in [2.05, 4.69) is 20.3 Å². The van der Waals surface area contributed by atoms with Crippen molar-refractivity contribution in [2.75, 3.05) is 41.8 Å². The molecule has 1 aliphatic heterocycles. The number of anilines is 3. The Kier molecular flexibility index (Phi) is 7.77. The van der Waals surface area contributed by atoms with Crippen LogP contribution in [0, 0.1) is 5.41 Å². The molecule has 2 heterocycles. The first-order chi connectivity index (χ1) is 17.8. The summed E-state index contributed by atoms with van der Waals surface area (Å²) in [4.78, 5) is 20.4. The molecule has 5 N–H and O–H groups in total. The largest absolute Gasteiger partial charge is 0.394 e. The molecule has 0 bridgehead atoms. The lowest BCUT2D eigenvalue weighted by Crippen LogP contribution is -2.43. The van der Waals surface area contributed by atoms with Gasteiger partial charge >= 0.3 is 0 Å². The summed E-state index contributed by atoms with van der Waals surface area (Å²) in [6, 6.07) is 9.45. The smallest absolute Gasteiger partial charge is 0.259 e. The van der Waals surface area contributed by atoms with Crippen LogP contribution in [-0.4, -0.2) is 66.9 Å². The summed E-state index contributed by atoms with van der Waals surface area (Å²) in [6.07, 6.45) is 4.58. The molecule has 2 fully saturated rings. The summed E-state index contributed by atoms with van der Waals surface area (Å²) >= 11 is 0. The second-order valence-corrected chi connectivity index (χ2v) is 13.6. The molecular weight excluding hydrogens is 506 g/mol. The van der Waals surface area contributed by atoms with Crippen LogP contribution in [0.25, 0.3) is 0 Å². The SMILES string of the molecule is CC(C)(C)NS(=O)(=O)c1cccc(NC(=O)c2ccc(NC(C)(CO)CO)nc2N2CCC3(CC2)CC3)c1. The average Bonchev–Trinajstić information content (AvgIpc) is 3.61. The fourth-order valence-corrected chi connectivity index (χ4v) is 6.11. The molecule has 1 saturated heterocycles. The number of hydrogen-bond acceptors (Lipinski definition) is 8. The third-order valence-electron chi connectivity index (χ3n) is 7.17. The number of carbonyl (C=O) groups is 1. The van der Waals surface area contributed by atoms with E-state index < -0.39 is 27.0 Å². The highest BCUT2D eigenvalue weighted by atomic mass is 32.2. The first kappa shape index (κ1) is 28.3. The van der Waals surface area contributed by atoms with Crippen LogP contribution in [0.5, 0.6) is 0 Å². The molecule has 2 aliphatic rings. The number of hydrogen-bond donors (Lipinski definition) is 5. The second-order valence-electron chi connectivity index (χ2n) is 11.9. The topological polar surface area (TPSA) is 144 Å². The van der Waals surface area contributed by atoms with Gasteiger partial charge in [-0.05, 0) is 89.1 Å². The number of sulfonamides is 1. The Morgan fingerprint density at radius 1 is 1.03 bits per heavy atom. The zero-order valence-corrected chi connectivity index (χ0v) is 23.4. The van der Waals surface area contributed by atoms with E-state index in [1.165, 1.54) is 25.0 Å². The molecule has 1 aliphatic carbocycles. The van der Waals surface area contributed by atoms with Gasteiger partial charge in [-0.3, -0.25) is 4.79 Å². The first-order valence-electron chi connectivity index (χ1n) is 13.0. The molecule has 0 atom stereocenters. The fraction of sp³-hybridized carbons (Fsp3) is 0.556. The van der Waals surface area contributed by atoms with Crippen molar-refractivity contribution >= 4 is 33.3 Å². The lowest BCUT2D eigenvalue weighted by atomic mass is 9.93. The normalized spacial score (nSPS) is 17.4. The maximum absolute atomic E-state index is 13.5. The Bertz CT molecular complexity index is 1270. The molecule has 0 radical (unpaired) electrons. The van der Waals surface area contributed by atoms with Crippen LogP contribution in [0.3, 0.4) is 0 Å². The summed E-state index contributed by atoms with van der Waals surface area (Å²) in [6.45, 7) is 7.94. The van der Waals surface area contributed by atoms with Gasteiger partial charge in [0.2, 0.25) is 10.0 Å². The predicted octanol–water partition coefficient (Wildman–Crippen LogP) is 2.95. The monoisotopic (exact) mass is 545 g/mol. The molecule has 11 heteroatoms. The van der Waals surface area contributed by atoms with Crippen molar-refractivity contribution in [3.63, 3.8) is 0 Å². The summed E-state index contributed by atoms with van der Waals surface area (Å²) in [5.74, 6) is 0.547. The molecule has 4 rings (SSSR count). The fourth-order valence-electron chi connectivity index (χ4n) is 4.65. The van der Waals surface area contributed by atoms with Crippen molar-refractivity contribution in [3.05, 3.63) is 42.0 Å². The lowest BCUT2D eigenvalue weighted by Gasteiger charge is -2.34. The highest BCUT2D eigenvalue weighted by Crippen LogP contribution is 2.54. The number of piperidine rings is 1. The van der Waals surface area contributed by atoms with Gasteiger partial charge in [-0.25, -0.2) is 18.1 Å². The van der Waals surface area contributed by atoms with Gasteiger partial charge in [-0.2, -0.15) is 0 Å². The Balaban J connectivity index is 1.61. The molecule has 1 aromatic carbocycles. The van der Waals surface area contributed by atoms with E-state index in [0.29, 0.717) is 28.3 Å². The van der Waals surface area contributed by atoms with Crippen molar-refractivity contribution in [2.24, 2.45) is 5.41 Å². The number of benzene rings is 1. The number of aliphatic hydroxyl groups excluding tert-OH is 2. The number of nitrogens with zero attached hydrogens (tertiary/aromatic N) is 2. The number of aromatic nitrogens is 1. The minimum Gasteiger partial charge on any atom is -0.394 e. The van der Waals surface area contributed by atoms with Crippen molar-refractivity contribution in [3.8, 4) is 0 Å². The van der Waals surface area contributed by atoms with Gasteiger partial charge in [0, 0.05) is 24.3 Å². The zero-order chi connectivity index (χ0) is 27.8. The van der Waals surface area contributed by atoms with Crippen LogP contribution >= 0.6 is 0 Å². The average molecular weight is 546 g/mol. The number of amides is 1. The molecular formula is C27H39N5O5S. The minimum absolute atomic E-state index is 0.0566. The summed E-state index contributed by atoms with van der Waals surface area (Å²) in [5.41, 5.74) is -0.471. The van der Waals surface area contributed by atoms with Crippen LogP contribution in [0.4, 0.5) is 17.3 Å². The van der Waals surface area contributed by atoms with E-state index in [1.54, 1.807) is 52.0 Å². The van der Waals surface area contributed by atoms with Crippen LogP contribution in [0.2, 0.25) is 0 Å². The van der Waals surface area contributed by atoms with E-state index in [1.807, 2.05) is 0 Å². The molecule has 10 nitrogen and oxygen atoms in total. The molecule has 0 unspecified atom stereocenters. The number of aliphatic hydroxyl groups is 2. The van der Waals surface area contributed by atoms with Gasteiger partial charge in [0.05, 0.1) is 29.2 Å². The zero-order valence-electron chi connectivity index (χ0n) is 22.5. The maximum atomic E-state index is 13.5.